The lowest BCUT2D eigenvalue weighted by Crippen LogP contribution is -2.24. The Labute approximate surface area is 220 Å². The third kappa shape index (κ3) is 4.42. The molecular weight excluding hydrogens is 506 g/mol. The Morgan fingerprint density at radius 3 is 2.62 bits per heavy atom. The summed E-state index contributed by atoms with van der Waals surface area (Å²) in [5.74, 6) is 0.778. The molecule has 0 saturated carbocycles. The second-order valence-electron chi connectivity index (χ2n) is 8.92. The van der Waals surface area contributed by atoms with Gasteiger partial charge in [-0.25, -0.2) is 23.3 Å². The Balaban J connectivity index is 1.38. The highest BCUT2D eigenvalue weighted by molar-refractivity contribution is 5.85. The highest BCUT2D eigenvalue weighted by Crippen LogP contribution is 2.38. The largest absolute Gasteiger partial charge is 0.475 e. The first kappa shape index (κ1) is 24.1. The average Bonchev–Trinajstić information content (AvgIpc) is 3.69. The number of nitrogens with zero attached hydrogens (tertiary/aromatic N) is 7. The quantitative estimate of drug-likeness (QED) is 0.323. The molecule has 1 N–H and O–H groups in total. The van der Waals surface area contributed by atoms with Crippen molar-refractivity contribution in [2.75, 3.05) is 24.7 Å². The van der Waals surface area contributed by atoms with Crippen molar-refractivity contribution in [2.45, 2.75) is 18.9 Å². The molecule has 10 nitrogen and oxygen atoms in total. The molecular formula is C27H20F2N8O2. The fourth-order valence-electron chi connectivity index (χ4n) is 4.91. The van der Waals surface area contributed by atoms with Gasteiger partial charge in [0.1, 0.15) is 35.4 Å². The Kier molecular flexibility index (Phi) is 6.13. The molecule has 3 aromatic heterocycles. The number of ether oxygens (including phenoxy) is 2. The number of nitriles is 2. The molecule has 2 aromatic carbocycles. The van der Waals surface area contributed by atoms with Crippen molar-refractivity contribution in [3.63, 3.8) is 0 Å². The van der Waals surface area contributed by atoms with Crippen molar-refractivity contribution in [3.8, 4) is 35.0 Å². The van der Waals surface area contributed by atoms with Gasteiger partial charge in [-0.05, 0) is 37.1 Å². The van der Waals surface area contributed by atoms with Crippen LogP contribution >= 0.6 is 0 Å². The highest BCUT2D eigenvalue weighted by Gasteiger charge is 2.30. The molecule has 4 heterocycles. The highest BCUT2D eigenvalue weighted by atomic mass is 19.1. The van der Waals surface area contributed by atoms with E-state index in [1.165, 1.54) is 6.07 Å². The summed E-state index contributed by atoms with van der Waals surface area (Å²) in [7, 11) is 0. The van der Waals surface area contributed by atoms with Crippen LogP contribution in [0, 0.1) is 34.3 Å². The molecule has 0 unspecified atom stereocenters. The molecule has 0 bridgehead atoms. The number of rotatable bonds is 7. The third-order valence-electron chi connectivity index (χ3n) is 6.61. The van der Waals surface area contributed by atoms with Crippen molar-refractivity contribution >= 4 is 22.5 Å². The summed E-state index contributed by atoms with van der Waals surface area (Å²) in [6, 6.07) is 12.1. The topological polar surface area (TPSA) is 128 Å². The second-order valence-corrected chi connectivity index (χ2v) is 8.92. The van der Waals surface area contributed by atoms with Gasteiger partial charge in [0.25, 0.3) is 0 Å². The Morgan fingerprint density at radius 2 is 1.82 bits per heavy atom. The van der Waals surface area contributed by atoms with E-state index in [4.69, 9.17) is 25.0 Å². The minimum Gasteiger partial charge on any atom is -0.475 e. The van der Waals surface area contributed by atoms with Gasteiger partial charge >= 0.3 is 0 Å². The third-order valence-corrected chi connectivity index (χ3v) is 6.61. The number of imidazole rings is 1. The summed E-state index contributed by atoms with van der Waals surface area (Å²) in [4.78, 5) is 14.7. The maximum Gasteiger partial charge on any atom is 0.174 e. The van der Waals surface area contributed by atoms with Crippen LogP contribution in [0.4, 0.5) is 14.6 Å². The molecule has 1 aliphatic heterocycles. The number of H-pyrrole nitrogens is 1. The minimum atomic E-state index is -0.480. The second kappa shape index (κ2) is 9.91. The van der Waals surface area contributed by atoms with E-state index in [9.17, 15) is 8.78 Å². The van der Waals surface area contributed by atoms with Gasteiger partial charge in [-0.1, -0.05) is 0 Å². The van der Waals surface area contributed by atoms with Gasteiger partial charge in [-0.2, -0.15) is 15.6 Å². The number of benzene rings is 2. The minimum absolute atomic E-state index is 0.187. The predicted octanol–water partition coefficient (Wildman–Crippen LogP) is 4.70. The number of hydrogen-bond donors (Lipinski definition) is 1. The zero-order valence-electron chi connectivity index (χ0n) is 20.4. The number of halogens is 2. The van der Waals surface area contributed by atoms with Crippen LogP contribution in [-0.2, 0) is 0 Å². The smallest absolute Gasteiger partial charge is 0.174 e. The van der Waals surface area contributed by atoms with Gasteiger partial charge in [-0.15, -0.1) is 0 Å². The van der Waals surface area contributed by atoms with Gasteiger partial charge < -0.3 is 19.4 Å². The predicted molar refractivity (Wildman–Crippen MR) is 136 cm³/mol. The Hall–Kier alpha value is -5.23. The molecule has 6 rings (SSSR count). The number of aromatic amines is 1. The van der Waals surface area contributed by atoms with Crippen LogP contribution in [0.2, 0.25) is 0 Å². The van der Waals surface area contributed by atoms with Crippen molar-refractivity contribution < 1.29 is 18.3 Å². The van der Waals surface area contributed by atoms with Gasteiger partial charge in [0.15, 0.2) is 30.4 Å². The maximum absolute atomic E-state index is 14.6. The number of hydrogen-bond acceptors (Lipinski definition) is 8. The lowest BCUT2D eigenvalue weighted by molar-refractivity contribution is 0.313. The van der Waals surface area contributed by atoms with Gasteiger partial charge in [0.05, 0.1) is 28.8 Å². The first-order valence-corrected chi connectivity index (χ1v) is 12.2. The van der Waals surface area contributed by atoms with Crippen molar-refractivity contribution in [3.05, 3.63) is 66.0 Å². The molecule has 0 aliphatic carbocycles. The van der Waals surface area contributed by atoms with Crippen LogP contribution in [0.1, 0.15) is 24.4 Å². The SMILES string of the molecule is N#CCOc1cc2nc(-c3cnn4ccc(N5CCC[C@@H]5c5cc(F)ccc5F)nc34)[nH]c2cc1OCC#N. The summed E-state index contributed by atoms with van der Waals surface area (Å²) in [6.45, 7) is 0.269. The maximum atomic E-state index is 14.6. The van der Waals surface area contributed by atoms with Crippen LogP contribution < -0.4 is 14.4 Å². The monoisotopic (exact) mass is 526 g/mol. The van der Waals surface area contributed by atoms with Crippen LogP contribution in [0.25, 0.3) is 28.1 Å². The van der Waals surface area contributed by atoms with E-state index >= 15 is 0 Å². The van der Waals surface area contributed by atoms with E-state index in [-0.39, 0.29) is 19.3 Å². The first-order valence-electron chi connectivity index (χ1n) is 12.2. The van der Waals surface area contributed by atoms with Crippen LogP contribution in [-0.4, -0.2) is 44.3 Å². The van der Waals surface area contributed by atoms with E-state index in [2.05, 4.69) is 15.1 Å². The molecule has 0 amide bonds. The number of aromatic nitrogens is 5. The molecule has 1 aliphatic rings. The molecule has 194 valence electrons. The first-order chi connectivity index (χ1) is 19.1. The fraction of sp³-hybridized carbons (Fsp3) is 0.222. The average molecular weight is 527 g/mol. The summed E-state index contributed by atoms with van der Waals surface area (Å²) in [6.07, 6.45) is 4.89. The Bertz CT molecular complexity index is 1730. The summed E-state index contributed by atoms with van der Waals surface area (Å²) < 4.78 is 41.1. The van der Waals surface area contributed by atoms with Gasteiger partial charge in [0, 0.05) is 30.4 Å². The van der Waals surface area contributed by atoms with Crippen LogP contribution in [0.3, 0.4) is 0 Å². The van der Waals surface area contributed by atoms with Crippen LogP contribution in [0.5, 0.6) is 11.5 Å². The lowest BCUT2D eigenvalue weighted by Gasteiger charge is -2.26. The number of nitrogens with one attached hydrogen (secondary N) is 1. The molecule has 1 saturated heterocycles. The van der Waals surface area contributed by atoms with Crippen molar-refractivity contribution in [2.24, 2.45) is 0 Å². The molecule has 12 heteroatoms. The summed E-state index contributed by atoms with van der Waals surface area (Å²) in [5.41, 5.74) is 2.64. The zero-order chi connectivity index (χ0) is 26.9. The van der Waals surface area contributed by atoms with Gasteiger partial charge in [-0.3, -0.25) is 0 Å². The molecule has 5 aromatic rings. The molecule has 0 radical (unpaired) electrons. The number of anilines is 1. The van der Waals surface area contributed by atoms with E-state index in [0.717, 1.165) is 18.6 Å². The zero-order valence-corrected chi connectivity index (χ0v) is 20.4. The van der Waals surface area contributed by atoms with E-state index < -0.39 is 11.6 Å². The molecule has 0 spiro atoms. The molecule has 1 atom stereocenters. The Morgan fingerprint density at radius 1 is 1.03 bits per heavy atom. The van der Waals surface area contributed by atoms with E-state index in [1.54, 1.807) is 35.1 Å². The summed E-state index contributed by atoms with van der Waals surface area (Å²) >= 11 is 0. The molecule has 39 heavy (non-hydrogen) atoms. The number of fused-ring (bicyclic) bond motifs is 2. The van der Waals surface area contributed by atoms with Crippen molar-refractivity contribution in [1.82, 2.24) is 24.6 Å². The summed E-state index contributed by atoms with van der Waals surface area (Å²) in [5, 5.41) is 22.2. The molecule has 1 fully saturated rings. The van der Waals surface area contributed by atoms with Crippen LogP contribution in [0.15, 0.2) is 48.8 Å². The van der Waals surface area contributed by atoms with Gasteiger partial charge in [0.2, 0.25) is 0 Å². The van der Waals surface area contributed by atoms with E-state index in [0.29, 0.717) is 63.9 Å². The normalized spacial score (nSPS) is 15.0. The lowest BCUT2D eigenvalue weighted by atomic mass is 10.0. The fourth-order valence-corrected chi connectivity index (χ4v) is 4.91. The van der Waals surface area contributed by atoms with E-state index in [1.807, 2.05) is 17.0 Å². The van der Waals surface area contributed by atoms with Crippen molar-refractivity contribution in [1.29, 1.82) is 10.5 Å². The standard InChI is InChI=1S/C27H20F2N8O2/c28-16-3-4-19(29)17(12-16)22-2-1-8-36(22)25-5-9-37-27(35-25)18(15-32-37)26-33-20-13-23(38-10-6-30)24(39-11-7-31)14-21(20)34-26/h3-5,9,12-15,22H,1-2,8,10-11H2,(H,33,34)/t22-/m1/s1.